The lowest BCUT2D eigenvalue weighted by molar-refractivity contribution is -0.384. The molecule has 30 heavy (non-hydrogen) atoms. The Bertz CT molecular complexity index is 970. The first-order valence-electron chi connectivity index (χ1n) is 9.63. The van der Waals surface area contributed by atoms with Crippen molar-refractivity contribution in [3.63, 3.8) is 0 Å². The number of benzene rings is 1. The monoisotopic (exact) mass is 415 g/mol. The first kappa shape index (κ1) is 21.3. The van der Waals surface area contributed by atoms with Crippen molar-refractivity contribution in [3.05, 3.63) is 45.7 Å². The minimum atomic E-state index is -0.514. The first-order chi connectivity index (χ1) is 14.1. The lowest BCUT2D eigenvalue weighted by atomic mass is 9.93. The Morgan fingerprint density at radius 3 is 2.37 bits per heavy atom. The highest BCUT2D eigenvalue weighted by Gasteiger charge is 2.26. The molecule has 160 valence electrons. The van der Waals surface area contributed by atoms with Gasteiger partial charge in [0.25, 0.3) is 11.6 Å². The molecule has 10 heteroatoms. The van der Waals surface area contributed by atoms with E-state index in [4.69, 9.17) is 4.52 Å². The van der Waals surface area contributed by atoms with Crippen LogP contribution in [0, 0.1) is 10.1 Å². The average Bonchev–Trinajstić information content (AvgIpc) is 3.16. The second-order valence-electron chi connectivity index (χ2n) is 8.23. The highest BCUT2D eigenvalue weighted by molar-refractivity contribution is 6.04. The van der Waals surface area contributed by atoms with Gasteiger partial charge in [0.05, 0.1) is 4.92 Å². The van der Waals surface area contributed by atoms with Crippen LogP contribution in [0.2, 0.25) is 0 Å². The number of rotatable bonds is 4. The molecule has 10 nitrogen and oxygen atoms in total. The maximum absolute atomic E-state index is 12.6. The Kier molecular flexibility index (Phi) is 5.77. The van der Waals surface area contributed by atoms with Crippen LogP contribution in [0.3, 0.4) is 0 Å². The number of hydrogen-bond donors (Lipinski definition) is 1. The molecule has 1 N–H and O–H groups in total. The van der Waals surface area contributed by atoms with E-state index in [1.165, 1.54) is 13.0 Å². The van der Waals surface area contributed by atoms with Crippen molar-refractivity contribution in [2.75, 3.05) is 36.4 Å². The molecule has 0 atom stereocenters. The second-order valence-corrected chi connectivity index (χ2v) is 8.23. The highest BCUT2D eigenvalue weighted by atomic mass is 16.6. The zero-order valence-electron chi connectivity index (χ0n) is 17.5. The van der Waals surface area contributed by atoms with Crippen LogP contribution in [0.4, 0.5) is 17.2 Å². The molecule has 0 bridgehead atoms. The topological polar surface area (TPSA) is 122 Å². The lowest BCUT2D eigenvalue weighted by Gasteiger charge is -2.35. The van der Waals surface area contributed by atoms with Gasteiger partial charge in [-0.15, -0.1) is 0 Å². The van der Waals surface area contributed by atoms with E-state index >= 15 is 0 Å². The molecule has 2 aromatic rings. The van der Waals surface area contributed by atoms with Crippen molar-refractivity contribution >= 4 is 29.0 Å². The van der Waals surface area contributed by atoms with Gasteiger partial charge in [-0.3, -0.25) is 19.7 Å². The van der Waals surface area contributed by atoms with E-state index in [0.717, 1.165) is 0 Å². The number of nitrogens with zero attached hydrogens (tertiary/aromatic N) is 4. The Balaban J connectivity index is 1.78. The third-order valence-corrected chi connectivity index (χ3v) is 4.99. The van der Waals surface area contributed by atoms with E-state index in [9.17, 15) is 19.7 Å². The molecule has 1 fully saturated rings. The third kappa shape index (κ3) is 4.58. The van der Waals surface area contributed by atoms with Crippen LogP contribution in [0.1, 0.15) is 43.8 Å². The van der Waals surface area contributed by atoms with E-state index < -0.39 is 10.8 Å². The highest BCUT2D eigenvalue weighted by Crippen LogP contribution is 2.31. The lowest BCUT2D eigenvalue weighted by Crippen LogP contribution is -2.48. The summed E-state index contributed by atoms with van der Waals surface area (Å²) in [5.74, 6) is 0.333. The number of carbonyl (C=O) groups excluding carboxylic acids is 2. The molecular weight excluding hydrogens is 390 g/mol. The summed E-state index contributed by atoms with van der Waals surface area (Å²) in [6.07, 6.45) is 0. The number of piperazine rings is 1. The van der Waals surface area contributed by atoms with Crippen molar-refractivity contribution in [2.45, 2.75) is 33.1 Å². The molecule has 0 saturated carbocycles. The van der Waals surface area contributed by atoms with E-state index in [-0.39, 0.29) is 28.4 Å². The van der Waals surface area contributed by atoms with Gasteiger partial charge in [-0.1, -0.05) is 25.9 Å². The predicted molar refractivity (Wildman–Crippen MR) is 111 cm³/mol. The average molecular weight is 415 g/mol. The molecule has 0 spiro atoms. The van der Waals surface area contributed by atoms with Gasteiger partial charge in [0.1, 0.15) is 11.4 Å². The van der Waals surface area contributed by atoms with E-state index in [1.807, 2.05) is 25.7 Å². The Morgan fingerprint density at radius 2 is 1.83 bits per heavy atom. The van der Waals surface area contributed by atoms with Crippen LogP contribution in [0.15, 0.2) is 28.8 Å². The minimum Gasteiger partial charge on any atom is -0.362 e. The third-order valence-electron chi connectivity index (χ3n) is 4.99. The number of hydrogen-bond acceptors (Lipinski definition) is 7. The summed E-state index contributed by atoms with van der Waals surface area (Å²) < 4.78 is 5.24. The zero-order valence-corrected chi connectivity index (χ0v) is 17.5. The molecule has 0 unspecified atom stereocenters. The van der Waals surface area contributed by atoms with E-state index in [0.29, 0.717) is 37.6 Å². The normalized spacial score (nSPS) is 14.5. The fraction of sp³-hybridized carbons (Fsp3) is 0.450. The van der Waals surface area contributed by atoms with Crippen molar-refractivity contribution in [3.8, 4) is 0 Å². The van der Waals surface area contributed by atoms with Gasteiger partial charge in [0.2, 0.25) is 5.91 Å². The Morgan fingerprint density at radius 1 is 1.17 bits per heavy atom. The van der Waals surface area contributed by atoms with E-state index in [1.54, 1.807) is 23.1 Å². The molecule has 2 amide bonds. The second kappa shape index (κ2) is 8.13. The first-order valence-corrected chi connectivity index (χ1v) is 9.63. The number of aromatic nitrogens is 1. The van der Waals surface area contributed by atoms with E-state index in [2.05, 4.69) is 10.5 Å². The van der Waals surface area contributed by atoms with Crippen LogP contribution in [0.25, 0.3) is 0 Å². The number of nitro groups is 1. The molecule has 1 aliphatic rings. The van der Waals surface area contributed by atoms with Crippen LogP contribution in [-0.4, -0.2) is 53.0 Å². The summed E-state index contributed by atoms with van der Waals surface area (Å²) in [4.78, 5) is 38.8. The molecule has 1 aromatic heterocycles. The molecule has 2 heterocycles. The number of nitro benzene ring substituents is 1. The summed E-state index contributed by atoms with van der Waals surface area (Å²) in [6, 6.07) is 6.00. The largest absolute Gasteiger partial charge is 0.362 e. The fourth-order valence-corrected chi connectivity index (χ4v) is 3.22. The molecule has 0 radical (unpaired) electrons. The summed E-state index contributed by atoms with van der Waals surface area (Å²) in [5.41, 5.74) is 0.154. The summed E-state index contributed by atoms with van der Waals surface area (Å²) in [5, 5.41) is 18.1. The zero-order chi connectivity index (χ0) is 22.1. The smallest absolute Gasteiger partial charge is 0.293 e. The van der Waals surface area contributed by atoms with Gasteiger partial charge in [-0.2, -0.15) is 0 Å². The molecule has 1 aliphatic heterocycles. The standard InChI is InChI=1S/C20H25N5O5/c1-13(26)23-7-9-24(10-8-23)15-6-5-14(11-16(15)25(28)29)19(27)21-18-12-17(30-22-18)20(2,3)4/h5-6,11-12H,7-10H2,1-4H3,(H,21,22,27). The van der Waals surface area contributed by atoms with Crippen LogP contribution in [-0.2, 0) is 10.2 Å². The van der Waals surface area contributed by atoms with Gasteiger partial charge in [-0.25, -0.2) is 0 Å². The number of amides is 2. The molecular formula is C20H25N5O5. The SMILES string of the molecule is CC(=O)N1CCN(c2ccc(C(=O)Nc3cc(C(C)(C)C)on3)cc2[N+](=O)[O-])CC1. The molecule has 1 aromatic carbocycles. The maximum atomic E-state index is 12.6. The van der Waals surface area contributed by atoms with Gasteiger partial charge >= 0.3 is 0 Å². The van der Waals surface area contributed by atoms with Gasteiger partial charge in [0, 0.05) is 56.2 Å². The maximum Gasteiger partial charge on any atom is 0.293 e. The quantitative estimate of drug-likeness (QED) is 0.602. The van der Waals surface area contributed by atoms with Gasteiger partial charge < -0.3 is 19.6 Å². The summed E-state index contributed by atoms with van der Waals surface area (Å²) in [7, 11) is 0. The predicted octanol–water partition coefficient (Wildman–Crippen LogP) is 2.80. The van der Waals surface area contributed by atoms with Crippen molar-refractivity contribution in [1.29, 1.82) is 0 Å². The Labute approximate surface area is 174 Å². The molecule has 0 aliphatic carbocycles. The van der Waals surface area contributed by atoms with Crippen LogP contribution < -0.4 is 10.2 Å². The number of nitrogens with one attached hydrogen (secondary N) is 1. The number of carbonyl (C=O) groups is 2. The molecule has 1 saturated heterocycles. The number of anilines is 2. The van der Waals surface area contributed by atoms with Gasteiger partial charge in [0.15, 0.2) is 5.82 Å². The van der Waals surface area contributed by atoms with Gasteiger partial charge in [-0.05, 0) is 12.1 Å². The van der Waals surface area contributed by atoms with Crippen molar-refractivity contribution in [2.24, 2.45) is 0 Å². The minimum absolute atomic E-state index is 0.0151. The van der Waals surface area contributed by atoms with Crippen LogP contribution in [0.5, 0.6) is 0 Å². The summed E-state index contributed by atoms with van der Waals surface area (Å²) in [6.45, 7) is 9.34. The fourth-order valence-electron chi connectivity index (χ4n) is 3.22. The van der Waals surface area contributed by atoms with Crippen LogP contribution >= 0.6 is 0 Å². The summed E-state index contributed by atoms with van der Waals surface area (Å²) >= 11 is 0. The Hall–Kier alpha value is -3.43. The van der Waals surface area contributed by atoms with Crippen molar-refractivity contribution in [1.82, 2.24) is 10.1 Å². The van der Waals surface area contributed by atoms with Crippen molar-refractivity contribution < 1.29 is 19.0 Å². The molecule has 3 rings (SSSR count).